The van der Waals surface area contributed by atoms with Crippen LogP contribution in [0.25, 0.3) is 0 Å². The van der Waals surface area contributed by atoms with Crippen LogP contribution in [0.3, 0.4) is 0 Å². The van der Waals surface area contributed by atoms with Gasteiger partial charge < -0.3 is 25.6 Å². The lowest BCUT2D eigenvalue weighted by Gasteiger charge is -2.24. The molecule has 8 heteroatoms. The average molecular weight is 327 g/mol. The summed E-state index contributed by atoms with van der Waals surface area (Å²) in [5.74, 6) is -0.915. The van der Waals surface area contributed by atoms with Gasteiger partial charge in [0, 0.05) is 0 Å². The summed E-state index contributed by atoms with van der Waals surface area (Å²) < 4.78 is 18.2. The predicted octanol–water partition coefficient (Wildman–Crippen LogP) is 1.41. The van der Waals surface area contributed by atoms with Gasteiger partial charge in [-0.1, -0.05) is 12.8 Å². The molecule has 0 aliphatic carbocycles. The number of carboxylic acids is 1. The Hall–Kier alpha value is -1.64. The highest BCUT2D eigenvalue weighted by molar-refractivity contribution is 6.40. The summed E-state index contributed by atoms with van der Waals surface area (Å²) in [6, 6.07) is 5.58. The molecule has 0 heterocycles. The number of aliphatic carboxylic acids is 1. The van der Waals surface area contributed by atoms with E-state index in [1.54, 1.807) is 0 Å². The van der Waals surface area contributed by atoms with E-state index in [2.05, 4.69) is 0 Å². The van der Waals surface area contributed by atoms with Crippen LogP contribution >= 0.6 is 0 Å². The lowest BCUT2D eigenvalue weighted by molar-refractivity contribution is -0.144. The van der Waals surface area contributed by atoms with E-state index < -0.39 is 18.6 Å². The third-order valence-electron chi connectivity index (χ3n) is 3.61. The van der Waals surface area contributed by atoms with Gasteiger partial charge in [-0.05, 0) is 49.8 Å². The van der Waals surface area contributed by atoms with Gasteiger partial charge in [0.15, 0.2) is 0 Å². The van der Waals surface area contributed by atoms with Crippen LogP contribution in [0.1, 0.15) is 32.1 Å². The van der Waals surface area contributed by atoms with Crippen LogP contribution in [0, 0.1) is 5.82 Å². The molecule has 0 saturated carbocycles. The van der Waals surface area contributed by atoms with Crippen LogP contribution in [0.5, 0.6) is 5.75 Å². The molecular weight excluding hydrogens is 304 g/mol. The zero-order valence-corrected chi connectivity index (χ0v) is 12.9. The Labute approximate surface area is 135 Å². The molecule has 23 heavy (non-hydrogen) atoms. The minimum Gasteiger partial charge on any atom is -0.494 e. The van der Waals surface area contributed by atoms with Crippen LogP contribution in [-0.2, 0) is 4.79 Å². The van der Waals surface area contributed by atoms with Gasteiger partial charge in [-0.3, -0.25) is 4.79 Å². The monoisotopic (exact) mass is 327 g/mol. The van der Waals surface area contributed by atoms with Gasteiger partial charge in [0.05, 0.1) is 6.61 Å². The fourth-order valence-corrected chi connectivity index (χ4v) is 2.21. The van der Waals surface area contributed by atoms with E-state index in [0.717, 1.165) is 0 Å². The van der Waals surface area contributed by atoms with Crippen LogP contribution in [0.15, 0.2) is 24.3 Å². The van der Waals surface area contributed by atoms with Crippen molar-refractivity contribution in [3.63, 3.8) is 0 Å². The second-order valence-corrected chi connectivity index (χ2v) is 5.59. The third-order valence-corrected chi connectivity index (χ3v) is 3.61. The zero-order valence-electron chi connectivity index (χ0n) is 12.9. The first-order chi connectivity index (χ1) is 10.8. The van der Waals surface area contributed by atoms with Crippen molar-refractivity contribution in [3.05, 3.63) is 30.1 Å². The summed E-state index contributed by atoms with van der Waals surface area (Å²) in [5, 5.41) is 26.8. The van der Waals surface area contributed by atoms with Gasteiger partial charge in [0.2, 0.25) is 0 Å². The van der Waals surface area contributed by atoms with Crippen molar-refractivity contribution in [1.82, 2.24) is 0 Å². The summed E-state index contributed by atoms with van der Waals surface area (Å²) in [7, 11) is -1.38. The Bertz CT molecular complexity index is 485. The molecule has 1 rings (SSSR count). The van der Waals surface area contributed by atoms with E-state index in [-0.39, 0.29) is 31.6 Å². The normalized spacial score (nSPS) is 13.4. The maximum absolute atomic E-state index is 12.7. The SMILES string of the molecule is NC(CCCCB(O)O)(CCCOc1ccc(F)cc1)C(=O)O. The quantitative estimate of drug-likeness (QED) is 0.361. The lowest BCUT2D eigenvalue weighted by atomic mass is 9.81. The number of carboxylic acid groups (broad SMARTS) is 1. The molecule has 0 aliphatic rings. The molecule has 6 nitrogen and oxygen atoms in total. The Morgan fingerprint density at radius 3 is 2.35 bits per heavy atom. The first-order valence-electron chi connectivity index (χ1n) is 7.60. The third kappa shape index (κ3) is 7.45. The second-order valence-electron chi connectivity index (χ2n) is 5.59. The van der Waals surface area contributed by atoms with Crippen LogP contribution in [0.4, 0.5) is 4.39 Å². The average Bonchev–Trinajstić information content (AvgIpc) is 2.49. The largest absolute Gasteiger partial charge is 0.494 e. The van der Waals surface area contributed by atoms with Crippen LogP contribution < -0.4 is 10.5 Å². The Balaban J connectivity index is 2.34. The number of nitrogens with two attached hydrogens (primary N) is 1. The standard InChI is InChI=1S/C15H23BFNO5/c17-12-4-6-13(7-5-12)23-11-3-9-15(18,14(19)20)8-1-2-10-16(21)22/h4-7,21-22H,1-3,8-11,18H2,(H,19,20). The topological polar surface area (TPSA) is 113 Å². The molecule has 0 spiro atoms. The van der Waals surface area contributed by atoms with Crippen LogP contribution in [0.2, 0.25) is 6.32 Å². The maximum Gasteiger partial charge on any atom is 0.451 e. The van der Waals surface area contributed by atoms with Gasteiger partial charge in [-0.15, -0.1) is 0 Å². The van der Waals surface area contributed by atoms with Crippen molar-refractivity contribution >= 4 is 13.1 Å². The number of rotatable bonds is 11. The van der Waals surface area contributed by atoms with Gasteiger partial charge >= 0.3 is 13.1 Å². The molecule has 0 aliphatic heterocycles. The molecule has 0 bridgehead atoms. The van der Waals surface area contributed by atoms with E-state index in [4.69, 9.17) is 20.5 Å². The number of carbonyl (C=O) groups is 1. The van der Waals surface area contributed by atoms with Crippen LogP contribution in [-0.4, -0.2) is 40.4 Å². The number of halogens is 1. The molecular formula is C15H23BFNO5. The number of benzene rings is 1. The summed E-state index contributed by atoms with van der Waals surface area (Å²) in [4.78, 5) is 11.3. The molecule has 1 atom stereocenters. The summed E-state index contributed by atoms with van der Waals surface area (Å²) >= 11 is 0. The Kier molecular flexibility index (Phi) is 8.01. The molecule has 1 aromatic carbocycles. The van der Waals surface area contributed by atoms with Crippen molar-refractivity contribution in [3.8, 4) is 5.75 Å². The maximum atomic E-state index is 12.7. The van der Waals surface area contributed by atoms with E-state index in [1.807, 2.05) is 0 Å². The molecule has 128 valence electrons. The minimum absolute atomic E-state index is 0.198. The van der Waals surface area contributed by atoms with Crippen molar-refractivity contribution < 1.29 is 29.1 Å². The van der Waals surface area contributed by atoms with E-state index in [0.29, 0.717) is 25.0 Å². The van der Waals surface area contributed by atoms with Crippen molar-refractivity contribution in [2.75, 3.05) is 6.61 Å². The first-order valence-corrected chi connectivity index (χ1v) is 7.60. The molecule has 0 fully saturated rings. The van der Waals surface area contributed by atoms with Crippen molar-refractivity contribution in [2.24, 2.45) is 5.73 Å². The molecule has 1 aromatic rings. The number of unbranched alkanes of at least 4 members (excludes halogenated alkanes) is 1. The molecule has 0 amide bonds. The van der Waals surface area contributed by atoms with E-state index in [9.17, 15) is 14.3 Å². The van der Waals surface area contributed by atoms with Crippen molar-refractivity contribution in [2.45, 2.75) is 44.0 Å². The Morgan fingerprint density at radius 2 is 1.78 bits per heavy atom. The molecule has 5 N–H and O–H groups in total. The van der Waals surface area contributed by atoms with E-state index >= 15 is 0 Å². The number of hydrogen-bond acceptors (Lipinski definition) is 5. The number of hydrogen-bond donors (Lipinski definition) is 4. The van der Waals surface area contributed by atoms with Gasteiger partial charge in [0.25, 0.3) is 0 Å². The highest BCUT2D eigenvalue weighted by Crippen LogP contribution is 2.20. The lowest BCUT2D eigenvalue weighted by Crippen LogP contribution is -2.48. The second kappa shape index (κ2) is 9.49. The predicted molar refractivity (Wildman–Crippen MR) is 84.5 cm³/mol. The fourth-order valence-electron chi connectivity index (χ4n) is 2.21. The molecule has 0 saturated heterocycles. The van der Waals surface area contributed by atoms with Crippen molar-refractivity contribution in [1.29, 1.82) is 0 Å². The number of ether oxygens (including phenoxy) is 1. The van der Waals surface area contributed by atoms with Gasteiger partial charge in [0.1, 0.15) is 17.1 Å². The van der Waals surface area contributed by atoms with Gasteiger partial charge in [-0.2, -0.15) is 0 Å². The van der Waals surface area contributed by atoms with E-state index in [1.165, 1.54) is 24.3 Å². The molecule has 0 aromatic heterocycles. The highest BCUT2D eigenvalue weighted by Gasteiger charge is 2.32. The molecule has 1 unspecified atom stereocenters. The Morgan fingerprint density at radius 1 is 1.17 bits per heavy atom. The summed E-state index contributed by atoms with van der Waals surface area (Å²) in [6.07, 6.45) is 2.14. The van der Waals surface area contributed by atoms with Gasteiger partial charge in [-0.25, -0.2) is 4.39 Å². The highest BCUT2D eigenvalue weighted by atomic mass is 19.1. The fraction of sp³-hybridized carbons (Fsp3) is 0.533. The smallest absolute Gasteiger partial charge is 0.451 e. The minimum atomic E-state index is -1.38. The molecule has 0 radical (unpaired) electrons. The first kappa shape index (κ1) is 19.4. The summed E-state index contributed by atoms with van der Waals surface area (Å²) in [5.41, 5.74) is 4.57. The summed E-state index contributed by atoms with van der Waals surface area (Å²) in [6.45, 7) is 0.285. The zero-order chi connectivity index (χ0) is 17.3.